The average Bonchev–Trinajstić information content (AvgIpc) is 2.62. The minimum Gasteiger partial charge on any atom is -0.494 e. The summed E-state index contributed by atoms with van der Waals surface area (Å²) >= 11 is 0. The lowest BCUT2D eigenvalue weighted by Crippen LogP contribution is -2.43. The first-order chi connectivity index (χ1) is 12.1. The van der Waals surface area contributed by atoms with Crippen LogP contribution in [0.3, 0.4) is 0 Å². The van der Waals surface area contributed by atoms with Gasteiger partial charge >= 0.3 is 0 Å². The normalized spacial score (nSPS) is 18.6. The Labute approximate surface area is 150 Å². The maximum Gasteiger partial charge on any atom is 0.188 e. The quantitative estimate of drug-likeness (QED) is 0.555. The van der Waals surface area contributed by atoms with Gasteiger partial charge in [0.1, 0.15) is 5.75 Å². The zero-order valence-corrected chi connectivity index (χ0v) is 15.6. The Bertz CT molecular complexity index is 539. The maximum absolute atomic E-state index is 6.05. The van der Waals surface area contributed by atoms with E-state index in [9.17, 15) is 0 Å². The lowest BCUT2D eigenvalue weighted by atomic mass is 9.74. The molecule has 0 bridgehead atoms. The molecule has 1 fully saturated rings. The molecule has 1 atom stereocenters. The van der Waals surface area contributed by atoms with Crippen LogP contribution in [0.5, 0.6) is 5.75 Å². The van der Waals surface area contributed by atoms with Crippen LogP contribution in [-0.2, 0) is 14.9 Å². The Morgan fingerprint density at radius 2 is 2.00 bits per heavy atom. The van der Waals surface area contributed by atoms with Crippen molar-refractivity contribution < 1.29 is 14.2 Å². The van der Waals surface area contributed by atoms with Crippen molar-refractivity contribution >= 4 is 5.96 Å². The van der Waals surface area contributed by atoms with Crippen molar-refractivity contribution in [1.29, 1.82) is 0 Å². The molecule has 1 aliphatic rings. The van der Waals surface area contributed by atoms with E-state index < -0.39 is 0 Å². The zero-order valence-electron chi connectivity index (χ0n) is 15.6. The van der Waals surface area contributed by atoms with Gasteiger partial charge in [-0.2, -0.15) is 0 Å². The fraction of sp³-hybridized carbons (Fsp3) is 0.632. The van der Waals surface area contributed by atoms with Crippen LogP contribution in [0.25, 0.3) is 0 Å². The van der Waals surface area contributed by atoms with Crippen molar-refractivity contribution in [2.75, 3.05) is 40.1 Å². The monoisotopic (exact) mass is 349 g/mol. The van der Waals surface area contributed by atoms with Gasteiger partial charge in [-0.05, 0) is 44.4 Å². The molecule has 3 N–H and O–H groups in total. The van der Waals surface area contributed by atoms with E-state index in [4.69, 9.17) is 19.9 Å². The second-order valence-corrected chi connectivity index (χ2v) is 6.55. The molecular formula is C19H31N3O3. The lowest BCUT2D eigenvalue weighted by Gasteiger charge is -2.36. The highest BCUT2D eigenvalue weighted by molar-refractivity contribution is 5.78. The van der Waals surface area contributed by atoms with Crippen molar-refractivity contribution in [2.45, 2.75) is 38.1 Å². The van der Waals surface area contributed by atoms with Crippen LogP contribution in [0.2, 0.25) is 0 Å². The van der Waals surface area contributed by atoms with Gasteiger partial charge in [-0.15, -0.1) is 0 Å². The number of ether oxygens (including phenoxy) is 3. The largest absolute Gasteiger partial charge is 0.494 e. The molecule has 1 aromatic rings. The number of hydrogen-bond donors (Lipinski definition) is 2. The van der Waals surface area contributed by atoms with Crippen molar-refractivity contribution in [1.82, 2.24) is 5.32 Å². The Morgan fingerprint density at radius 3 is 2.60 bits per heavy atom. The van der Waals surface area contributed by atoms with Crippen molar-refractivity contribution in [2.24, 2.45) is 10.7 Å². The molecule has 0 radical (unpaired) electrons. The fourth-order valence-electron chi connectivity index (χ4n) is 3.20. The molecule has 6 heteroatoms. The smallest absolute Gasteiger partial charge is 0.188 e. The predicted octanol–water partition coefficient (Wildman–Crippen LogP) is 2.07. The fourth-order valence-corrected chi connectivity index (χ4v) is 3.20. The van der Waals surface area contributed by atoms with E-state index in [2.05, 4.69) is 22.4 Å². The molecule has 0 saturated carbocycles. The second-order valence-electron chi connectivity index (χ2n) is 6.55. The van der Waals surface area contributed by atoms with Crippen LogP contribution < -0.4 is 15.8 Å². The summed E-state index contributed by atoms with van der Waals surface area (Å²) in [7, 11) is 1.68. The topological polar surface area (TPSA) is 78.1 Å². The van der Waals surface area contributed by atoms with Crippen molar-refractivity contribution in [3.05, 3.63) is 29.8 Å². The van der Waals surface area contributed by atoms with E-state index in [0.29, 0.717) is 25.7 Å². The molecule has 1 aromatic carbocycles. The predicted molar refractivity (Wildman–Crippen MR) is 100 cm³/mol. The van der Waals surface area contributed by atoms with Crippen molar-refractivity contribution in [3.63, 3.8) is 0 Å². The summed E-state index contributed by atoms with van der Waals surface area (Å²) in [5.74, 6) is 1.35. The Balaban J connectivity index is 2.11. The second kappa shape index (κ2) is 9.63. The third kappa shape index (κ3) is 5.61. The van der Waals surface area contributed by atoms with Crippen LogP contribution >= 0.6 is 0 Å². The van der Waals surface area contributed by atoms with E-state index in [-0.39, 0.29) is 11.5 Å². The van der Waals surface area contributed by atoms with Gasteiger partial charge in [0, 0.05) is 31.8 Å². The number of nitrogens with two attached hydrogens (primary N) is 1. The highest BCUT2D eigenvalue weighted by Crippen LogP contribution is 2.36. The molecule has 0 amide bonds. The molecule has 1 aliphatic heterocycles. The maximum atomic E-state index is 6.05. The van der Waals surface area contributed by atoms with Gasteiger partial charge in [-0.1, -0.05) is 12.1 Å². The van der Waals surface area contributed by atoms with Crippen molar-refractivity contribution in [3.8, 4) is 5.75 Å². The summed E-state index contributed by atoms with van der Waals surface area (Å²) in [5.41, 5.74) is 7.28. The summed E-state index contributed by atoms with van der Waals surface area (Å²) < 4.78 is 16.2. The molecule has 0 aromatic heterocycles. The molecule has 1 saturated heterocycles. The molecule has 140 valence electrons. The van der Waals surface area contributed by atoms with E-state index in [1.54, 1.807) is 7.11 Å². The summed E-state index contributed by atoms with van der Waals surface area (Å²) in [6, 6.07) is 8.47. The summed E-state index contributed by atoms with van der Waals surface area (Å²) in [5, 5.41) is 3.17. The first-order valence-electron chi connectivity index (χ1n) is 8.96. The van der Waals surface area contributed by atoms with Gasteiger partial charge in [0.2, 0.25) is 0 Å². The third-order valence-corrected chi connectivity index (χ3v) is 4.59. The Hall–Kier alpha value is -1.79. The molecule has 2 rings (SSSR count). The first kappa shape index (κ1) is 19.5. The van der Waals surface area contributed by atoms with Gasteiger partial charge < -0.3 is 25.3 Å². The number of nitrogens with one attached hydrogen (secondary N) is 1. The number of guanidine groups is 1. The molecule has 0 aliphatic carbocycles. The third-order valence-electron chi connectivity index (χ3n) is 4.59. The van der Waals surface area contributed by atoms with E-state index in [1.165, 1.54) is 5.56 Å². The van der Waals surface area contributed by atoms with Gasteiger partial charge in [0.15, 0.2) is 5.96 Å². The first-order valence-corrected chi connectivity index (χ1v) is 8.96. The van der Waals surface area contributed by atoms with Gasteiger partial charge in [-0.3, -0.25) is 4.99 Å². The standard InChI is InChI=1S/C19H31N3O3/c1-4-25-17-7-5-16(6-8-17)19(9-11-24-12-10-19)14-21-18(20)22-15(2)13-23-3/h5-8,15H,4,9-14H2,1-3H3,(H3,20,21,22). The number of hydrogen-bond acceptors (Lipinski definition) is 4. The van der Waals surface area contributed by atoms with E-state index in [1.807, 2.05) is 26.0 Å². The molecule has 25 heavy (non-hydrogen) atoms. The minimum absolute atomic E-state index is 0.0419. The lowest BCUT2D eigenvalue weighted by molar-refractivity contribution is 0.0531. The zero-order chi connectivity index (χ0) is 18.1. The summed E-state index contributed by atoms with van der Waals surface area (Å²) in [6.45, 7) is 7.40. The van der Waals surface area contributed by atoms with Crippen LogP contribution in [0.15, 0.2) is 29.3 Å². The number of benzene rings is 1. The highest BCUT2D eigenvalue weighted by atomic mass is 16.5. The van der Waals surface area contributed by atoms with E-state index >= 15 is 0 Å². The number of aliphatic imine (C=N–C) groups is 1. The van der Waals surface area contributed by atoms with Crippen LogP contribution in [0.4, 0.5) is 0 Å². The van der Waals surface area contributed by atoms with Gasteiger partial charge in [0.05, 0.1) is 19.8 Å². The van der Waals surface area contributed by atoms with E-state index in [0.717, 1.165) is 31.8 Å². The number of rotatable bonds is 8. The molecule has 1 unspecified atom stereocenters. The van der Waals surface area contributed by atoms with Gasteiger partial charge in [0.25, 0.3) is 0 Å². The van der Waals surface area contributed by atoms with Crippen LogP contribution in [-0.4, -0.2) is 52.1 Å². The molecule has 6 nitrogen and oxygen atoms in total. The average molecular weight is 349 g/mol. The Morgan fingerprint density at radius 1 is 1.32 bits per heavy atom. The Kier molecular flexibility index (Phi) is 7.52. The highest BCUT2D eigenvalue weighted by Gasteiger charge is 2.34. The number of methoxy groups -OCH3 is 1. The molecule has 1 heterocycles. The molecular weight excluding hydrogens is 318 g/mol. The molecule has 0 spiro atoms. The van der Waals surface area contributed by atoms with Crippen LogP contribution in [0.1, 0.15) is 32.3 Å². The SMILES string of the molecule is CCOc1ccc(C2(CN=C(N)NC(C)COC)CCOCC2)cc1. The van der Waals surface area contributed by atoms with Crippen LogP contribution in [0, 0.1) is 0 Å². The minimum atomic E-state index is -0.0419. The number of nitrogens with zero attached hydrogens (tertiary/aromatic N) is 1. The summed E-state index contributed by atoms with van der Waals surface area (Å²) in [4.78, 5) is 4.62. The summed E-state index contributed by atoms with van der Waals surface area (Å²) in [6.07, 6.45) is 1.87. The van der Waals surface area contributed by atoms with Gasteiger partial charge in [-0.25, -0.2) is 0 Å².